The fraction of sp³-hybridized carbons (Fsp3) is 0.636. The van der Waals surface area contributed by atoms with Crippen LogP contribution in [0.3, 0.4) is 0 Å². The van der Waals surface area contributed by atoms with Gasteiger partial charge in [0.15, 0.2) is 0 Å². The summed E-state index contributed by atoms with van der Waals surface area (Å²) >= 11 is 1.66. The highest BCUT2D eigenvalue weighted by Crippen LogP contribution is 2.33. The van der Waals surface area contributed by atoms with Crippen molar-refractivity contribution in [2.45, 2.75) is 38.2 Å². The van der Waals surface area contributed by atoms with Crippen LogP contribution in [-0.4, -0.2) is 5.11 Å². The Morgan fingerprint density at radius 3 is 2.85 bits per heavy atom. The van der Waals surface area contributed by atoms with E-state index < -0.39 is 0 Å². The minimum atomic E-state index is -0.205. The molecule has 0 amide bonds. The molecule has 1 saturated carbocycles. The van der Waals surface area contributed by atoms with E-state index in [1.807, 2.05) is 17.5 Å². The molecule has 1 fully saturated rings. The van der Waals surface area contributed by atoms with Gasteiger partial charge >= 0.3 is 0 Å². The van der Waals surface area contributed by atoms with E-state index in [0.29, 0.717) is 0 Å². The zero-order valence-corrected chi connectivity index (χ0v) is 8.59. The SMILES string of the molecule is OC(CC1CCCC1)c1cccs1. The molecule has 0 aliphatic heterocycles. The topological polar surface area (TPSA) is 20.2 Å². The lowest BCUT2D eigenvalue weighted by Crippen LogP contribution is -2.02. The number of thiophene rings is 1. The lowest BCUT2D eigenvalue weighted by molar-refractivity contribution is 0.148. The molecule has 1 aliphatic rings. The largest absolute Gasteiger partial charge is 0.388 e. The van der Waals surface area contributed by atoms with E-state index in [-0.39, 0.29) is 6.10 Å². The van der Waals surface area contributed by atoms with E-state index in [9.17, 15) is 5.11 Å². The Kier molecular flexibility index (Phi) is 3.01. The molecular weight excluding hydrogens is 180 g/mol. The van der Waals surface area contributed by atoms with Gasteiger partial charge in [-0.1, -0.05) is 31.7 Å². The molecule has 72 valence electrons. The standard InChI is InChI=1S/C11H16OS/c12-10(11-6-3-7-13-11)8-9-4-1-2-5-9/h3,6-7,9-10,12H,1-2,4-5,8H2. The average molecular weight is 196 g/mol. The van der Waals surface area contributed by atoms with Gasteiger partial charge in [0.2, 0.25) is 0 Å². The zero-order valence-electron chi connectivity index (χ0n) is 7.78. The third-order valence-electron chi connectivity index (χ3n) is 2.90. The number of aliphatic hydroxyl groups is 1. The Hall–Kier alpha value is -0.340. The Morgan fingerprint density at radius 2 is 2.23 bits per heavy atom. The predicted octanol–water partition coefficient (Wildman–Crippen LogP) is 3.36. The van der Waals surface area contributed by atoms with Crippen LogP contribution in [0.15, 0.2) is 17.5 Å². The Balaban J connectivity index is 1.87. The number of rotatable bonds is 3. The van der Waals surface area contributed by atoms with Gasteiger partial charge in [-0.3, -0.25) is 0 Å². The first kappa shape index (κ1) is 9.22. The summed E-state index contributed by atoms with van der Waals surface area (Å²) in [7, 11) is 0. The number of hydrogen-bond donors (Lipinski definition) is 1. The van der Waals surface area contributed by atoms with E-state index in [1.165, 1.54) is 25.7 Å². The Bertz CT molecular complexity index is 237. The van der Waals surface area contributed by atoms with Crippen molar-refractivity contribution in [3.05, 3.63) is 22.4 Å². The molecule has 13 heavy (non-hydrogen) atoms. The third kappa shape index (κ3) is 2.32. The van der Waals surface area contributed by atoms with Gasteiger partial charge in [0, 0.05) is 4.88 Å². The highest BCUT2D eigenvalue weighted by Gasteiger charge is 2.19. The fourth-order valence-corrected chi connectivity index (χ4v) is 2.88. The summed E-state index contributed by atoms with van der Waals surface area (Å²) in [5.41, 5.74) is 0. The van der Waals surface area contributed by atoms with Crippen molar-refractivity contribution in [2.24, 2.45) is 5.92 Å². The molecule has 0 saturated heterocycles. The second kappa shape index (κ2) is 4.25. The van der Waals surface area contributed by atoms with Gasteiger partial charge in [0.25, 0.3) is 0 Å². The quantitative estimate of drug-likeness (QED) is 0.786. The zero-order chi connectivity index (χ0) is 9.10. The highest BCUT2D eigenvalue weighted by molar-refractivity contribution is 7.10. The molecule has 1 nitrogen and oxygen atoms in total. The second-order valence-corrected chi connectivity index (χ2v) is 4.90. The van der Waals surface area contributed by atoms with Crippen molar-refractivity contribution in [3.63, 3.8) is 0 Å². The van der Waals surface area contributed by atoms with E-state index in [4.69, 9.17) is 0 Å². The monoisotopic (exact) mass is 196 g/mol. The number of hydrogen-bond acceptors (Lipinski definition) is 2. The molecule has 1 heterocycles. The minimum Gasteiger partial charge on any atom is -0.388 e. The lowest BCUT2D eigenvalue weighted by atomic mass is 9.99. The van der Waals surface area contributed by atoms with Crippen LogP contribution in [0.4, 0.5) is 0 Å². The van der Waals surface area contributed by atoms with E-state index in [0.717, 1.165) is 17.2 Å². The van der Waals surface area contributed by atoms with Crippen molar-refractivity contribution in [1.29, 1.82) is 0 Å². The van der Waals surface area contributed by atoms with Crippen LogP contribution in [0, 0.1) is 5.92 Å². The third-order valence-corrected chi connectivity index (χ3v) is 3.88. The summed E-state index contributed by atoms with van der Waals surface area (Å²) in [5.74, 6) is 0.775. The van der Waals surface area contributed by atoms with Crippen molar-refractivity contribution in [1.82, 2.24) is 0 Å². The van der Waals surface area contributed by atoms with Crippen LogP contribution in [0.5, 0.6) is 0 Å². The molecule has 2 rings (SSSR count). The smallest absolute Gasteiger partial charge is 0.0884 e. The van der Waals surface area contributed by atoms with Crippen LogP contribution in [0.2, 0.25) is 0 Å². The molecule has 0 spiro atoms. The molecule has 0 aromatic carbocycles. The summed E-state index contributed by atoms with van der Waals surface area (Å²) in [5, 5.41) is 11.9. The normalized spacial score (nSPS) is 20.7. The molecule has 1 aromatic heterocycles. The van der Waals surface area contributed by atoms with Gasteiger partial charge in [0.05, 0.1) is 6.10 Å². The van der Waals surface area contributed by atoms with Crippen molar-refractivity contribution >= 4 is 11.3 Å². The number of aliphatic hydroxyl groups excluding tert-OH is 1. The van der Waals surface area contributed by atoms with Crippen LogP contribution in [0.1, 0.15) is 43.1 Å². The van der Waals surface area contributed by atoms with Crippen LogP contribution in [-0.2, 0) is 0 Å². The van der Waals surface area contributed by atoms with Crippen LogP contribution >= 0.6 is 11.3 Å². The summed E-state index contributed by atoms with van der Waals surface area (Å²) in [6, 6.07) is 4.04. The van der Waals surface area contributed by atoms with Gasteiger partial charge in [0.1, 0.15) is 0 Å². The van der Waals surface area contributed by atoms with Crippen molar-refractivity contribution in [2.75, 3.05) is 0 Å². The van der Waals surface area contributed by atoms with Crippen LogP contribution in [0.25, 0.3) is 0 Å². The fourth-order valence-electron chi connectivity index (χ4n) is 2.16. The summed E-state index contributed by atoms with van der Waals surface area (Å²) in [4.78, 5) is 1.13. The second-order valence-electron chi connectivity index (χ2n) is 3.92. The van der Waals surface area contributed by atoms with E-state index in [1.54, 1.807) is 11.3 Å². The highest BCUT2D eigenvalue weighted by atomic mass is 32.1. The van der Waals surface area contributed by atoms with Crippen molar-refractivity contribution in [3.8, 4) is 0 Å². The molecule has 1 atom stereocenters. The Morgan fingerprint density at radius 1 is 1.46 bits per heavy atom. The molecule has 1 aliphatic carbocycles. The van der Waals surface area contributed by atoms with E-state index >= 15 is 0 Å². The molecule has 0 bridgehead atoms. The molecule has 1 unspecified atom stereocenters. The summed E-state index contributed by atoms with van der Waals surface area (Å²) in [6.07, 6.45) is 6.14. The van der Waals surface area contributed by atoms with Gasteiger partial charge in [-0.05, 0) is 23.8 Å². The first-order valence-electron chi connectivity index (χ1n) is 5.08. The Labute approximate surface area is 83.4 Å². The molecule has 0 radical (unpaired) electrons. The molecule has 2 heteroatoms. The van der Waals surface area contributed by atoms with Gasteiger partial charge < -0.3 is 5.11 Å². The first-order chi connectivity index (χ1) is 6.36. The van der Waals surface area contributed by atoms with Crippen molar-refractivity contribution < 1.29 is 5.11 Å². The average Bonchev–Trinajstić information content (AvgIpc) is 2.74. The van der Waals surface area contributed by atoms with Crippen LogP contribution < -0.4 is 0 Å². The first-order valence-corrected chi connectivity index (χ1v) is 5.95. The summed E-state index contributed by atoms with van der Waals surface area (Å²) < 4.78 is 0. The van der Waals surface area contributed by atoms with Gasteiger partial charge in [-0.2, -0.15) is 0 Å². The molecule has 1 aromatic rings. The van der Waals surface area contributed by atoms with Gasteiger partial charge in [-0.25, -0.2) is 0 Å². The summed E-state index contributed by atoms with van der Waals surface area (Å²) in [6.45, 7) is 0. The molecule has 1 N–H and O–H groups in total. The predicted molar refractivity (Wildman–Crippen MR) is 55.9 cm³/mol. The minimum absolute atomic E-state index is 0.205. The maximum absolute atomic E-state index is 9.88. The maximum Gasteiger partial charge on any atom is 0.0884 e. The molecular formula is C11H16OS. The lowest BCUT2D eigenvalue weighted by Gasteiger charge is -2.13. The maximum atomic E-state index is 9.88. The van der Waals surface area contributed by atoms with Gasteiger partial charge in [-0.15, -0.1) is 11.3 Å². The van der Waals surface area contributed by atoms with E-state index in [2.05, 4.69) is 0 Å².